The zero-order valence-electron chi connectivity index (χ0n) is 4.11. The first kappa shape index (κ1) is 6.35. The molecule has 0 aromatic carbocycles. The molecular weight excluding hydrogens is 92.1 g/mol. The predicted octanol–water partition coefficient (Wildman–Crippen LogP) is 2.19. The highest BCUT2D eigenvalue weighted by atomic mass is 32.1. The largest absolute Gasteiger partial charge is 0.0938 e. The highest BCUT2D eigenvalue weighted by molar-refractivity contribution is 7.80. The fraction of sp³-hybridized carbons (Fsp3) is 0.800. The van der Waals surface area contributed by atoms with Crippen LogP contribution in [0.2, 0.25) is 0 Å². The summed E-state index contributed by atoms with van der Waals surface area (Å²) < 4.78 is 0. The van der Waals surface area contributed by atoms with Crippen LogP contribution in [0, 0.1) is 6.42 Å². The Hall–Kier alpha value is 0.350. The Labute approximate surface area is 45.4 Å². The molecule has 2 radical (unpaired) electrons. The highest BCUT2D eigenvalue weighted by Crippen LogP contribution is 1.91. The van der Waals surface area contributed by atoms with E-state index in [0.29, 0.717) is 0 Å². The molecule has 6 heavy (non-hydrogen) atoms. The zero-order chi connectivity index (χ0) is 4.83. The van der Waals surface area contributed by atoms with Gasteiger partial charge in [-0.05, 0) is 12.8 Å². The quantitative estimate of drug-likeness (QED) is 0.479. The van der Waals surface area contributed by atoms with E-state index in [-0.39, 0.29) is 0 Å². The second-order valence-corrected chi connectivity index (χ2v) is 1.58. The van der Waals surface area contributed by atoms with Crippen molar-refractivity contribution >= 4 is 12.6 Å². The lowest BCUT2D eigenvalue weighted by Gasteiger charge is -1.84. The van der Waals surface area contributed by atoms with Gasteiger partial charge in [0.05, 0.1) is 0 Å². The third-order valence-electron chi connectivity index (χ3n) is 0.611. The molecule has 0 aromatic heterocycles. The van der Waals surface area contributed by atoms with Crippen LogP contribution in [0.1, 0.15) is 19.8 Å². The second-order valence-electron chi connectivity index (χ2n) is 1.24. The molecule has 0 saturated carbocycles. The van der Waals surface area contributed by atoms with E-state index in [9.17, 15) is 0 Å². The van der Waals surface area contributed by atoms with Crippen LogP contribution >= 0.6 is 12.6 Å². The maximum Gasteiger partial charge on any atom is 0.00682 e. The maximum atomic E-state index is 4.66. The van der Waals surface area contributed by atoms with Gasteiger partial charge in [-0.25, -0.2) is 0 Å². The average molecular weight is 102 g/mol. The van der Waals surface area contributed by atoms with Crippen LogP contribution in [0.3, 0.4) is 0 Å². The van der Waals surface area contributed by atoms with Crippen LogP contribution in [0.15, 0.2) is 0 Å². The van der Waals surface area contributed by atoms with Crippen molar-refractivity contribution in [2.45, 2.75) is 19.8 Å². The maximum absolute atomic E-state index is 4.66. The smallest absolute Gasteiger partial charge is 0.00682 e. The molecule has 0 N–H and O–H groups in total. The summed E-state index contributed by atoms with van der Waals surface area (Å²) in [5.41, 5.74) is 0. The first-order valence-electron chi connectivity index (χ1n) is 2.31. The molecule has 0 unspecified atom stereocenters. The number of rotatable bonds is 3. The van der Waals surface area contributed by atoms with Gasteiger partial charge in [-0.15, -0.1) is 0 Å². The zero-order valence-corrected chi connectivity index (χ0v) is 4.92. The summed E-state index contributed by atoms with van der Waals surface area (Å²) in [7, 11) is 0. The van der Waals surface area contributed by atoms with E-state index in [1.165, 1.54) is 12.8 Å². The number of hydrogen-bond donors (Lipinski definition) is 0. The topological polar surface area (TPSA) is 0 Å². The molecule has 0 heterocycles. The van der Waals surface area contributed by atoms with Crippen LogP contribution in [-0.4, -0.2) is 5.75 Å². The van der Waals surface area contributed by atoms with Gasteiger partial charge >= 0.3 is 0 Å². The Morgan fingerprint density at radius 3 is 2.50 bits per heavy atom. The van der Waals surface area contributed by atoms with Crippen LogP contribution in [-0.2, 0) is 0 Å². The molecule has 0 aliphatic carbocycles. The molecule has 0 aliphatic rings. The minimum absolute atomic E-state index is 0.813. The van der Waals surface area contributed by atoms with Crippen LogP contribution < -0.4 is 0 Å². The molecule has 0 bridgehead atoms. The van der Waals surface area contributed by atoms with Crippen molar-refractivity contribution in [3.05, 3.63) is 6.42 Å². The SMILES string of the molecule is CCC[CH]C[S]. The Balaban J connectivity index is 2.34. The van der Waals surface area contributed by atoms with Gasteiger partial charge in [0, 0.05) is 5.75 Å². The molecule has 36 valence electrons. The average Bonchev–Trinajstić information content (AvgIpc) is 1.61. The summed E-state index contributed by atoms with van der Waals surface area (Å²) in [6.45, 7) is 2.15. The summed E-state index contributed by atoms with van der Waals surface area (Å²) in [5.74, 6) is 0.813. The summed E-state index contributed by atoms with van der Waals surface area (Å²) in [4.78, 5) is 0. The summed E-state index contributed by atoms with van der Waals surface area (Å²) in [5, 5.41) is 0. The van der Waals surface area contributed by atoms with Crippen molar-refractivity contribution in [2.75, 3.05) is 5.75 Å². The van der Waals surface area contributed by atoms with E-state index in [0.717, 1.165) is 5.75 Å². The lowest BCUT2D eigenvalue weighted by molar-refractivity contribution is 0.905. The van der Waals surface area contributed by atoms with Crippen molar-refractivity contribution < 1.29 is 0 Å². The van der Waals surface area contributed by atoms with E-state index in [4.69, 9.17) is 0 Å². The molecule has 0 saturated heterocycles. The van der Waals surface area contributed by atoms with Gasteiger partial charge in [0.2, 0.25) is 0 Å². The van der Waals surface area contributed by atoms with Crippen molar-refractivity contribution in [1.29, 1.82) is 0 Å². The molecule has 0 aromatic rings. The van der Waals surface area contributed by atoms with Gasteiger partial charge in [0.1, 0.15) is 0 Å². The molecule has 0 fully saturated rings. The van der Waals surface area contributed by atoms with E-state index in [1.807, 2.05) is 0 Å². The van der Waals surface area contributed by atoms with Gasteiger partial charge in [0.25, 0.3) is 0 Å². The van der Waals surface area contributed by atoms with Crippen molar-refractivity contribution in [2.24, 2.45) is 0 Å². The Morgan fingerprint density at radius 2 is 2.33 bits per heavy atom. The molecular formula is C5H10S. The minimum atomic E-state index is 0.813. The second kappa shape index (κ2) is 5.35. The molecule has 0 spiro atoms. The van der Waals surface area contributed by atoms with E-state index in [2.05, 4.69) is 26.0 Å². The Bertz CT molecular complexity index is 15.9. The van der Waals surface area contributed by atoms with Crippen LogP contribution in [0.4, 0.5) is 0 Å². The van der Waals surface area contributed by atoms with Crippen LogP contribution in [0.25, 0.3) is 0 Å². The summed E-state index contributed by atoms with van der Waals surface area (Å²) >= 11 is 4.66. The normalized spacial score (nSPS) is 9.00. The van der Waals surface area contributed by atoms with Gasteiger partial charge < -0.3 is 0 Å². The van der Waals surface area contributed by atoms with E-state index < -0.39 is 0 Å². The summed E-state index contributed by atoms with van der Waals surface area (Å²) in [6, 6.07) is 0. The van der Waals surface area contributed by atoms with E-state index in [1.54, 1.807) is 0 Å². The molecule has 1 heteroatoms. The standard InChI is InChI=1S/C5H10S/c1-2-3-4-5-6/h4H,2-3,5H2,1H3. The molecule has 0 nitrogen and oxygen atoms in total. The fourth-order valence-electron chi connectivity index (χ4n) is 0.287. The van der Waals surface area contributed by atoms with Gasteiger partial charge in [-0.2, -0.15) is 0 Å². The number of hydrogen-bond acceptors (Lipinski definition) is 0. The lowest BCUT2D eigenvalue weighted by atomic mass is 10.3. The summed E-state index contributed by atoms with van der Waals surface area (Å²) in [6.07, 6.45) is 4.54. The Morgan fingerprint density at radius 1 is 1.67 bits per heavy atom. The Kier molecular flexibility index (Phi) is 5.66. The third kappa shape index (κ3) is 4.35. The van der Waals surface area contributed by atoms with Crippen molar-refractivity contribution in [3.63, 3.8) is 0 Å². The number of unbranched alkanes of at least 4 members (excludes halogenated alkanes) is 2. The molecule has 0 aliphatic heterocycles. The fourth-order valence-corrected chi connectivity index (χ4v) is 0.454. The van der Waals surface area contributed by atoms with Crippen molar-refractivity contribution in [3.8, 4) is 0 Å². The molecule has 0 rings (SSSR count). The highest BCUT2D eigenvalue weighted by Gasteiger charge is 1.77. The van der Waals surface area contributed by atoms with Crippen LogP contribution in [0.5, 0.6) is 0 Å². The minimum Gasteiger partial charge on any atom is -0.0938 e. The predicted molar refractivity (Wildman–Crippen MR) is 31.7 cm³/mol. The van der Waals surface area contributed by atoms with Gasteiger partial charge in [-0.1, -0.05) is 26.0 Å². The first-order chi connectivity index (χ1) is 2.91. The van der Waals surface area contributed by atoms with Gasteiger partial charge in [-0.3, -0.25) is 0 Å². The molecule has 0 amide bonds. The van der Waals surface area contributed by atoms with Crippen molar-refractivity contribution in [1.82, 2.24) is 0 Å². The third-order valence-corrected chi connectivity index (χ3v) is 0.846. The van der Waals surface area contributed by atoms with E-state index >= 15 is 0 Å². The first-order valence-corrected chi connectivity index (χ1v) is 2.89. The lowest BCUT2D eigenvalue weighted by Crippen LogP contribution is -1.72. The molecule has 0 atom stereocenters. The van der Waals surface area contributed by atoms with Gasteiger partial charge in [0.15, 0.2) is 0 Å². The monoisotopic (exact) mass is 102 g/mol.